The van der Waals surface area contributed by atoms with Crippen LogP contribution >= 0.6 is 0 Å². The van der Waals surface area contributed by atoms with Gasteiger partial charge in [0.15, 0.2) is 11.5 Å². The maximum atomic E-state index is 12.0. The van der Waals surface area contributed by atoms with Gasteiger partial charge in [0.1, 0.15) is 12.7 Å². The summed E-state index contributed by atoms with van der Waals surface area (Å²) in [5.41, 5.74) is 5.86. The molecule has 0 saturated carbocycles. The Hall–Kier alpha value is -1.43. The summed E-state index contributed by atoms with van der Waals surface area (Å²) < 4.78 is 47.3. The zero-order valence-corrected chi connectivity index (χ0v) is 10.3. The lowest BCUT2D eigenvalue weighted by Gasteiger charge is -2.30. The van der Waals surface area contributed by atoms with E-state index in [0.29, 0.717) is 11.5 Å². The van der Waals surface area contributed by atoms with Gasteiger partial charge in [-0.15, -0.1) is 0 Å². The van der Waals surface area contributed by atoms with Crippen LogP contribution < -0.4 is 15.2 Å². The molecule has 0 spiro atoms. The molecule has 1 aromatic carbocycles. The molecule has 2 unspecified atom stereocenters. The van der Waals surface area contributed by atoms with Crippen LogP contribution in [0.25, 0.3) is 0 Å². The van der Waals surface area contributed by atoms with Crippen LogP contribution in [-0.4, -0.2) is 24.9 Å². The van der Waals surface area contributed by atoms with Gasteiger partial charge in [-0.3, -0.25) is 0 Å². The number of alkyl halides is 3. The molecule has 2 atom stereocenters. The summed E-state index contributed by atoms with van der Waals surface area (Å²) in [5, 5.41) is 0. The maximum absolute atomic E-state index is 12.0. The second kappa shape index (κ2) is 5.69. The molecule has 0 amide bonds. The molecular formula is C13H16F3NO2. The summed E-state index contributed by atoms with van der Waals surface area (Å²) in [6, 6.07) is 6.70. The van der Waals surface area contributed by atoms with Gasteiger partial charge < -0.3 is 15.2 Å². The molecule has 3 nitrogen and oxygen atoms in total. The average Bonchev–Trinajstić information content (AvgIpc) is 2.36. The van der Waals surface area contributed by atoms with Crippen molar-refractivity contribution in [1.29, 1.82) is 0 Å². The Balaban J connectivity index is 1.83. The van der Waals surface area contributed by atoms with Gasteiger partial charge in [0, 0.05) is 12.5 Å². The molecule has 19 heavy (non-hydrogen) atoms. The second-order valence-electron chi connectivity index (χ2n) is 4.59. The Bertz CT molecular complexity index is 423. The zero-order valence-electron chi connectivity index (χ0n) is 10.3. The van der Waals surface area contributed by atoms with Crippen LogP contribution in [0.2, 0.25) is 0 Å². The van der Waals surface area contributed by atoms with Gasteiger partial charge in [-0.2, -0.15) is 13.2 Å². The monoisotopic (exact) mass is 275 g/mol. The molecule has 0 saturated heterocycles. The first-order valence-corrected chi connectivity index (χ1v) is 6.16. The zero-order chi connectivity index (χ0) is 13.9. The molecule has 0 aromatic heterocycles. The van der Waals surface area contributed by atoms with E-state index in [2.05, 4.69) is 0 Å². The van der Waals surface area contributed by atoms with Crippen LogP contribution in [0, 0.1) is 0 Å². The van der Waals surface area contributed by atoms with Crippen molar-refractivity contribution in [2.75, 3.05) is 6.61 Å². The highest BCUT2D eigenvalue weighted by atomic mass is 19.4. The first-order valence-electron chi connectivity index (χ1n) is 6.16. The van der Waals surface area contributed by atoms with Crippen molar-refractivity contribution >= 4 is 0 Å². The second-order valence-corrected chi connectivity index (χ2v) is 4.59. The number of halogens is 3. The number of benzene rings is 1. The van der Waals surface area contributed by atoms with Crippen molar-refractivity contribution in [3.05, 3.63) is 24.3 Å². The summed E-state index contributed by atoms with van der Waals surface area (Å²) in [6.45, 7) is 0.268. The number of fused-ring (bicyclic) bond motifs is 1. The molecule has 0 aliphatic carbocycles. The van der Waals surface area contributed by atoms with E-state index < -0.39 is 24.7 Å². The van der Waals surface area contributed by atoms with E-state index in [4.69, 9.17) is 15.2 Å². The van der Waals surface area contributed by atoms with Crippen LogP contribution in [0.3, 0.4) is 0 Å². The van der Waals surface area contributed by atoms with Crippen molar-refractivity contribution in [2.45, 2.75) is 37.6 Å². The standard InChI is InChI=1S/C13H16F3NO2/c14-13(15,16)7-3-4-9(17)12-8-18-10-5-1-2-6-11(10)19-12/h1-2,5-6,9,12H,3-4,7-8,17H2. The summed E-state index contributed by atoms with van der Waals surface area (Å²) in [5.74, 6) is 1.23. The minimum Gasteiger partial charge on any atom is -0.486 e. The van der Waals surface area contributed by atoms with E-state index in [-0.39, 0.29) is 19.4 Å². The fourth-order valence-electron chi connectivity index (χ4n) is 1.97. The lowest BCUT2D eigenvalue weighted by atomic mass is 10.0. The predicted octanol–water partition coefficient (Wildman–Crippen LogP) is 2.89. The first-order chi connectivity index (χ1) is 8.96. The quantitative estimate of drug-likeness (QED) is 0.919. The Morgan fingerprint density at radius 2 is 1.95 bits per heavy atom. The van der Waals surface area contributed by atoms with E-state index in [0.717, 1.165) is 0 Å². The third kappa shape index (κ3) is 4.02. The van der Waals surface area contributed by atoms with Crippen molar-refractivity contribution in [2.24, 2.45) is 5.73 Å². The van der Waals surface area contributed by atoms with Crippen LogP contribution in [0.1, 0.15) is 19.3 Å². The maximum Gasteiger partial charge on any atom is 0.389 e. The predicted molar refractivity (Wildman–Crippen MR) is 64.2 cm³/mol. The first kappa shape index (κ1) is 14.0. The third-order valence-corrected chi connectivity index (χ3v) is 3.01. The topological polar surface area (TPSA) is 44.5 Å². The molecule has 1 aromatic rings. The molecule has 0 radical (unpaired) electrons. The van der Waals surface area contributed by atoms with Crippen molar-refractivity contribution in [3.8, 4) is 11.5 Å². The van der Waals surface area contributed by atoms with E-state index in [1.165, 1.54) is 0 Å². The Kier molecular flexibility index (Phi) is 4.19. The number of hydrogen-bond acceptors (Lipinski definition) is 3. The summed E-state index contributed by atoms with van der Waals surface area (Å²) in [6.07, 6.45) is -5.08. The van der Waals surface area contributed by atoms with E-state index in [9.17, 15) is 13.2 Å². The minimum atomic E-state index is -4.13. The van der Waals surface area contributed by atoms with Crippen molar-refractivity contribution < 1.29 is 22.6 Å². The summed E-state index contributed by atoms with van der Waals surface area (Å²) in [4.78, 5) is 0. The van der Waals surface area contributed by atoms with E-state index in [1.807, 2.05) is 6.07 Å². The normalized spacial score (nSPS) is 20.1. The van der Waals surface area contributed by atoms with Crippen LogP contribution in [0.4, 0.5) is 13.2 Å². The smallest absolute Gasteiger partial charge is 0.389 e. The molecule has 0 bridgehead atoms. The molecule has 2 rings (SSSR count). The highest BCUT2D eigenvalue weighted by Crippen LogP contribution is 2.32. The number of ether oxygens (including phenoxy) is 2. The average molecular weight is 275 g/mol. The Morgan fingerprint density at radius 1 is 1.26 bits per heavy atom. The van der Waals surface area contributed by atoms with Gasteiger partial charge in [-0.1, -0.05) is 12.1 Å². The molecule has 106 valence electrons. The molecule has 1 aliphatic heterocycles. The van der Waals surface area contributed by atoms with Crippen molar-refractivity contribution in [1.82, 2.24) is 0 Å². The number of nitrogens with two attached hydrogens (primary N) is 1. The fraction of sp³-hybridized carbons (Fsp3) is 0.538. The Labute approximate surface area is 109 Å². The van der Waals surface area contributed by atoms with Gasteiger partial charge in [0.2, 0.25) is 0 Å². The van der Waals surface area contributed by atoms with Crippen molar-refractivity contribution in [3.63, 3.8) is 0 Å². The van der Waals surface area contributed by atoms with Gasteiger partial charge in [0.05, 0.1) is 0 Å². The van der Waals surface area contributed by atoms with Crippen LogP contribution in [0.15, 0.2) is 24.3 Å². The lowest BCUT2D eigenvalue weighted by Crippen LogP contribution is -2.44. The Morgan fingerprint density at radius 3 is 2.63 bits per heavy atom. The molecular weight excluding hydrogens is 259 g/mol. The third-order valence-electron chi connectivity index (χ3n) is 3.01. The van der Waals surface area contributed by atoms with E-state index in [1.54, 1.807) is 18.2 Å². The van der Waals surface area contributed by atoms with Gasteiger partial charge in [-0.05, 0) is 25.0 Å². The highest BCUT2D eigenvalue weighted by Gasteiger charge is 2.29. The molecule has 2 N–H and O–H groups in total. The van der Waals surface area contributed by atoms with E-state index >= 15 is 0 Å². The number of rotatable bonds is 4. The van der Waals surface area contributed by atoms with Gasteiger partial charge in [-0.25, -0.2) is 0 Å². The molecule has 6 heteroatoms. The fourth-order valence-corrected chi connectivity index (χ4v) is 1.97. The van der Waals surface area contributed by atoms with Crippen LogP contribution in [-0.2, 0) is 0 Å². The summed E-state index contributed by atoms with van der Waals surface area (Å²) >= 11 is 0. The SMILES string of the molecule is NC(CCCC(F)(F)F)C1COc2ccccc2O1. The van der Waals surface area contributed by atoms with Crippen LogP contribution in [0.5, 0.6) is 11.5 Å². The minimum absolute atomic E-state index is 0.00612. The number of hydrogen-bond donors (Lipinski definition) is 1. The lowest BCUT2D eigenvalue weighted by molar-refractivity contribution is -0.136. The van der Waals surface area contributed by atoms with Gasteiger partial charge in [0.25, 0.3) is 0 Å². The molecule has 1 aliphatic rings. The highest BCUT2D eigenvalue weighted by molar-refractivity contribution is 5.40. The largest absolute Gasteiger partial charge is 0.486 e. The molecule has 1 heterocycles. The molecule has 0 fully saturated rings. The van der Waals surface area contributed by atoms with Gasteiger partial charge >= 0.3 is 6.18 Å². The number of para-hydroxylation sites is 2. The summed E-state index contributed by atoms with van der Waals surface area (Å²) in [7, 11) is 0.